The van der Waals surface area contributed by atoms with Crippen LogP contribution in [0.4, 0.5) is 0 Å². The van der Waals surface area contributed by atoms with Gasteiger partial charge in [0.25, 0.3) is 0 Å². The topological polar surface area (TPSA) is 56.4 Å². The molecule has 0 saturated heterocycles. The number of aryl methyl sites for hydroxylation is 2. The van der Waals surface area contributed by atoms with E-state index in [1.165, 1.54) is 0 Å². The van der Waals surface area contributed by atoms with Crippen LogP contribution in [0.25, 0.3) is 11.0 Å². The van der Waals surface area contributed by atoms with Gasteiger partial charge in [-0.25, -0.2) is 4.79 Å². The molecule has 3 aromatic rings. The molecule has 22 heavy (non-hydrogen) atoms. The number of ether oxygens (including phenoxy) is 1. The molecule has 1 unspecified atom stereocenters. The van der Waals surface area contributed by atoms with Gasteiger partial charge in [0, 0.05) is 14.1 Å². The Bertz CT molecular complexity index is 893. The van der Waals surface area contributed by atoms with E-state index < -0.39 is 6.10 Å². The van der Waals surface area contributed by atoms with Crippen molar-refractivity contribution in [2.24, 2.45) is 14.1 Å². The molecule has 0 bridgehead atoms. The zero-order valence-corrected chi connectivity index (χ0v) is 12.8. The van der Waals surface area contributed by atoms with Gasteiger partial charge in [0.1, 0.15) is 11.9 Å². The highest BCUT2D eigenvalue weighted by Gasteiger charge is 2.14. The number of methoxy groups -OCH3 is 1. The lowest BCUT2D eigenvalue weighted by atomic mass is 10.0. The lowest BCUT2D eigenvalue weighted by Crippen LogP contribution is -2.19. The molecule has 0 radical (unpaired) electrons. The van der Waals surface area contributed by atoms with E-state index in [0.29, 0.717) is 5.75 Å². The molecule has 0 spiro atoms. The minimum atomic E-state index is -0.769. The number of aliphatic hydroxyl groups is 1. The van der Waals surface area contributed by atoms with Gasteiger partial charge in [-0.15, -0.1) is 0 Å². The Labute approximate surface area is 128 Å². The van der Waals surface area contributed by atoms with Crippen molar-refractivity contribution in [3.63, 3.8) is 0 Å². The second kappa shape index (κ2) is 5.35. The molecule has 3 rings (SSSR count). The first kappa shape index (κ1) is 14.4. The molecule has 1 atom stereocenters. The predicted octanol–water partition coefficient (Wildman–Crippen LogP) is 1.97. The summed E-state index contributed by atoms with van der Waals surface area (Å²) in [6.45, 7) is 0. The maximum Gasteiger partial charge on any atom is 0.328 e. The lowest BCUT2D eigenvalue weighted by molar-refractivity contribution is 0.220. The molecule has 1 N–H and O–H groups in total. The first-order valence-corrected chi connectivity index (χ1v) is 7.00. The van der Waals surface area contributed by atoms with E-state index in [4.69, 9.17) is 4.74 Å². The summed E-state index contributed by atoms with van der Waals surface area (Å²) < 4.78 is 8.36. The summed E-state index contributed by atoms with van der Waals surface area (Å²) >= 11 is 0. The third-order valence-electron chi connectivity index (χ3n) is 4.02. The van der Waals surface area contributed by atoms with E-state index in [2.05, 4.69) is 0 Å². The van der Waals surface area contributed by atoms with Crippen LogP contribution in [0.3, 0.4) is 0 Å². The largest absolute Gasteiger partial charge is 0.497 e. The van der Waals surface area contributed by atoms with E-state index in [-0.39, 0.29) is 5.69 Å². The number of hydrogen-bond acceptors (Lipinski definition) is 3. The van der Waals surface area contributed by atoms with Crippen LogP contribution in [0, 0.1) is 0 Å². The van der Waals surface area contributed by atoms with E-state index in [1.807, 2.05) is 36.4 Å². The van der Waals surface area contributed by atoms with Gasteiger partial charge >= 0.3 is 5.69 Å². The average Bonchev–Trinajstić information content (AvgIpc) is 2.78. The van der Waals surface area contributed by atoms with Gasteiger partial charge in [0.05, 0.1) is 18.1 Å². The zero-order chi connectivity index (χ0) is 15.9. The minimum absolute atomic E-state index is 0.0805. The van der Waals surface area contributed by atoms with Crippen LogP contribution in [0.1, 0.15) is 17.2 Å². The zero-order valence-electron chi connectivity index (χ0n) is 12.8. The van der Waals surface area contributed by atoms with Crippen LogP contribution in [0.5, 0.6) is 5.75 Å². The van der Waals surface area contributed by atoms with E-state index in [0.717, 1.165) is 22.2 Å². The number of benzene rings is 2. The Morgan fingerprint density at radius 2 is 1.68 bits per heavy atom. The highest BCUT2D eigenvalue weighted by molar-refractivity contribution is 5.77. The number of imidazole rings is 1. The Morgan fingerprint density at radius 1 is 1.00 bits per heavy atom. The van der Waals surface area contributed by atoms with Gasteiger partial charge in [-0.05, 0) is 35.4 Å². The lowest BCUT2D eigenvalue weighted by Gasteiger charge is -2.13. The molecule has 0 aliphatic rings. The molecule has 0 aliphatic heterocycles. The second-order valence-corrected chi connectivity index (χ2v) is 5.33. The van der Waals surface area contributed by atoms with Crippen molar-refractivity contribution in [1.82, 2.24) is 9.13 Å². The molecule has 0 amide bonds. The first-order valence-electron chi connectivity index (χ1n) is 7.00. The summed E-state index contributed by atoms with van der Waals surface area (Å²) in [5.74, 6) is 0.699. The summed E-state index contributed by atoms with van der Waals surface area (Å²) in [4.78, 5) is 12.0. The molecule has 0 aliphatic carbocycles. The molecule has 0 saturated carbocycles. The summed E-state index contributed by atoms with van der Waals surface area (Å²) in [5.41, 5.74) is 3.05. The SMILES string of the molecule is COc1cccc(C(O)c2ccc3c(c2)n(C)c(=O)n3C)c1. The molecule has 2 aromatic carbocycles. The van der Waals surface area contributed by atoms with Gasteiger partial charge < -0.3 is 9.84 Å². The van der Waals surface area contributed by atoms with Crippen molar-refractivity contribution in [2.75, 3.05) is 7.11 Å². The predicted molar refractivity (Wildman–Crippen MR) is 85.2 cm³/mol. The third-order valence-corrected chi connectivity index (χ3v) is 4.02. The first-order chi connectivity index (χ1) is 10.5. The number of rotatable bonds is 3. The summed E-state index contributed by atoms with van der Waals surface area (Å²) in [6.07, 6.45) is -0.769. The molecule has 0 fully saturated rings. The second-order valence-electron chi connectivity index (χ2n) is 5.33. The van der Waals surface area contributed by atoms with Crippen LogP contribution in [-0.2, 0) is 14.1 Å². The molecule has 1 heterocycles. The van der Waals surface area contributed by atoms with Crippen molar-refractivity contribution >= 4 is 11.0 Å². The number of nitrogens with zero attached hydrogens (tertiary/aromatic N) is 2. The molecule has 1 aromatic heterocycles. The minimum Gasteiger partial charge on any atom is -0.497 e. The van der Waals surface area contributed by atoms with Crippen LogP contribution >= 0.6 is 0 Å². The van der Waals surface area contributed by atoms with Gasteiger partial charge in [-0.2, -0.15) is 0 Å². The molecule has 5 heteroatoms. The molecular formula is C17H18N2O3. The smallest absolute Gasteiger partial charge is 0.328 e. The number of hydrogen-bond donors (Lipinski definition) is 1. The summed E-state index contributed by atoms with van der Waals surface area (Å²) in [6, 6.07) is 12.9. The van der Waals surface area contributed by atoms with Crippen LogP contribution in [0.2, 0.25) is 0 Å². The highest BCUT2D eigenvalue weighted by Crippen LogP contribution is 2.27. The number of aromatic nitrogens is 2. The van der Waals surface area contributed by atoms with Crippen LogP contribution in [0.15, 0.2) is 47.3 Å². The number of aliphatic hydroxyl groups excluding tert-OH is 1. The van der Waals surface area contributed by atoms with Crippen molar-refractivity contribution in [1.29, 1.82) is 0 Å². The molecular weight excluding hydrogens is 280 g/mol. The Morgan fingerprint density at radius 3 is 2.41 bits per heavy atom. The fraction of sp³-hybridized carbons (Fsp3) is 0.235. The normalized spacial score (nSPS) is 12.5. The van der Waals surface area contributed by atoms with Gasteiger partial charge in [-0.3, -0.25) is 9.13 Å². The fourth-order valence-electron chi connectivity index (χ4n) is 2.70. The molecule has 114 valence electrons. The Kier molecular flexibility index (Phi) is 3.50. The van der Waals surface area contributed by atoms with Crippen LogP contribution in [-0.4, -0.2) is 21.4 Å². The summed E-state index contributed by atoms with van der Waals surface area (Å²) in [5, 5.41) is 10.6. The van der Waals surface area contributed by atoms with Gasteiger partial charge in [0.2, 0.25) is 0 Å². The average molecular weight is 298 g/mol. The highest BCUT2D eigenvalue weighted by atomic mass is 16.5. The van der Waals surface area contributed by atoms with Crippen molar-refractivity contribution in [2.45, 2.75) is 6.10 Å². The van der Waals surface area contributed by atoms with Gasteiger partial charge in [-0.1, -0.05) is 18.2 Å². The molecule has 5 nitrogen and oxygen atoms in total. The standard InChI is InChI=1S/C17H18N2O3/c1-18-14-8-7-12(10-15(14)19(2)17(18)21)16(20)11-5-4-6-13(9-11)22-3/h4-10,16,20H,1-3H3. The van der Waals surface area contributed by atoms with Crippen molar-refractivity contribution < 1.29 is 9.84 Å². The van der Waals surface area contributed by atoms with Crippen molar-refractivity contribution in [3.05, 3.63) is 64.1 Å². The van der Waals surface area contributed by atoms with E-state index >= 15 is 0 Å². The number of fused-ring (bicyclic) bond motifs is 1. The maximum absolute atomic E-state index is 12.0. The maximum atomic E-state index is 12.0. The van der Waals surface area contributed by atoms with Crippen LogP contribution < -0.4 is 10.4 Å². The fourth-order valence-corrected chi connectivity index (χ4v) is 2.70. The van der Waals surface area contributed by atoms with Crippen molar-refractivity contribution in [3.8, 4) is 5.75 Å². The Hall–Kier alpha value is -2.53. The third kappa shape index (κ3) is 2.19. The monoisotopic (exact) mass is 298 g/mol. The van der Waals surface area contributed by atoms with E-state index in [1.54, 1.807) is 36.4 Å². The Balaban J connectivity index is 2.09. The van der Waals surface area contributed by atoms with Gasteiger partial charge in [0.15, 0.2) is 0 Å². The van der Waals surface area contributed by atoms with E-state index in [9.17, 15) is 9.90 Å². The quantitative estimate of drug-likeness (QED) is 0.804. The summed E-state index contributed by atoms with van der Waals surface area (Å²) in [7, 11) is 5.06.